The van der Waals surface area contributed by atoms with Gasteiger partial charge in [-0.05, 0) is 130 Å². The van der Waals surface area contributed by atoms with Crippen LogP contribution in [0.4, 0.5) is 10.9 Å². The molecule has 0 saturated heterocycles. The molecule has 0 radical (unpaired) electrons. The molecular weight excluding hydrogens is 1110 g/mol. The zero-order valence-electron chi connectivity index (χ0n) is 60.7. The molecule has 7 heterocycles. The minimum absolute atomic E-state index is 0.0183. The first-order valence-electron chi connectivity index (χ1n) is 31.3. The minimum atomic E-state index is 0.0183. The third-order valence-electron chi connectivity index (χ3n) is 12.6. The number of hydrogen-bond acceptors (Lipinski definition) is 12. The summed E-state index contributed by atoms with van der Waals surface area (Å²) in [5, 5.41) is 16.5. The first-order valence-corrected chi connectivity index (χ1v) is 32.5. The number of aromatic nitrogens is 11. The Bertz CT molecular complexity index is 2950. The lowest BCUT2D eigenvalue weighted by Gasteiger charge is -2.19. The van der Waals surface area contributed by atoms with Gasteiger partial charge in [0, 0.05) is 104 Å². The maximum absolute atomic E-state index is 6.13. The third-order valence-corrected chi connectivity index (χ3v) is 13.8. The number of thiazole rings is 1. The highest BCUT2D eigenvalue weighted by molar-refractivity contribution is 7.19. The van der Waals surface area contributed by atoms with E-state index in [0.29, 0.717) is 30.0 Å². The quantitative estimate of drug-likeness (QED) is 0.157. The summed E-state index contributed by atoms with van der Waals surface area (Å²) >= 11 is 7.64. The van der Waals surface area contributed by atoms with E-state index in [1.54, 1.807) is 6.20 Å². The summed E-state index contributed by atoms with van der Waals surface area (Å²) in [5.74, 6) is 2.92. The van der Waals surface area contributed by atoms with Crippen molar-refractivity contribution < 1.29 is 0 Å². The van der Waals surface area contributed by atoms with Crippen molar-refractivity contribution in [1.82, 2.24) is 54.4 Å². The molecule has 7 rings (SSSR count). The Kier molecular flexibility index (Phi) is 30.9. The summed E-state index contributed by atoms with van der Waals surface area (Å²) in [6.45, 7) is 70.5. The van der Waals surface area contributed by atoms with E-state index in [1.165, 1.54) is 28.4 Å². The van der Waals surface area contributed by atoms with E-state index >= 15 is 0 Å². The minimum Gasteiger partial charge on any atom is -0.368 e. The molecule has 87 heavy (non-hydrogen) atoms. The Labute approximate surface area is 539 Å². The molecule has 486 valence electrons. The maximum atomic E-state index is 6.13. The SMILES string of the molecule is CC(C)Nc1cccc(C(C)(C)C)n1.CC(C)Nc1nc(C(C)(C)C)c(Cl)s1.CC(C)c1cccc(C(C)(C)C)n1.CC(C)c1ccn(C(C)(C)C)n1.CC(C)n1ccc(C(C)(C)C)n1.Cc1ccnc(C(C)(C)C)n1.Cc1cncc(C(C)(C)C)n1. The molecular formula is C72H120ClN13S. The van der Waals surface area contributed by atoms with Crippen LogP contribution in [0.2, 0.25) is 4.34 Å². The van der Waals surface area contributed by atoms with Gasteiger partial charge in [0.2, 0.25) is 0 Å². The molecule has 0 atom stereocenters. The maximum Gasteiger partial charge on any atom is 0.184 e. The van der Waals surface area contributed by atoms with Gasteiger partial charge in [-0.25, -0.2) is 19.9 Å². The number of nitrogens with one attached hydrogen (secondary N) is 2. The van der Waals surface area contributed by atoms with Gasteiger partial charge in [0.1, 0.15) is 16.0 Å². The van der Waals surface area contributed by atoms with Gasteiger partial charge in [-0.2, -0.15) is 10.2 Å². The fourth-order valence-corrected chi connectivity index (χ4v) is 8.77. The molecule has 7 aromatic rings. The second-order valence-corrected chi connectivity index (χ2v) is 32.7. The number of nitrogens with zero attached hydrogens (tertiary/aromatic N) is 11. The molecule has 0 aliphatic carbocycles. The third kappa shape index (κ3) is 30.9. The first kappa shape index (κ1) is 79.4. The van der Waals surface area contributed by atoms with E-state index in [1.807, 2.05) is 53.9 Å². The van der Waals surface area contributed by atoms with E-state index in [9.17, 15) is 0 Å². The van der Waals surface area contributed by atoms with Crippen molar-refractivity contribution in [2.45, 2.75) is 296 Å². The molecule has 0 aliphatic rings. The van der Waals surface area contributed by atoms with Crippen molar-refractivity contribution in [1.29, 1.82) is 0 Å². The van der Waals surface area contributed by atoms with Gasteiger partial charge in [0.25, 0.3) is 0 Å². The Morgan fingerprint density at radius 1 is 0.460 bits per heavy atom. The summed E-state index contributed by atoms with van der Waals surface area (Å²) < 4.78 is 4.81. The molecule has 0 bridgehead atoms. The molecule has 0 aliphatic heterocycles. The van der Waals surface area contributed by atoms with Crippen LogP contribution >= 0.6 is 22.9 Å². The van der Waals surface area contributed by atoms with Crippen molar-refractivity contribution in [2.24, 2.45) is 0 Å². The number of halogens is 1. The van der Waals surface area contributed by atoms with Crippen molar-refractivity contribution in [2.75, 3.05) is 10.6 Å². The molecule has 0 amide bonds. The highest BCUT2D eigenvalue weighted by Crippen LogP contribution is 2.36. The van der Waals surface area contributed by atoms with Crippen molar-refractivity contribution >= 4 is 33.9 Å². The highest BCUT2D eigenvalue weighted by atomic mass is 35.5. The summed E-state index contributed by atoms with van der Waals surface area (Å²) in [5.41, 5.74) is 10.6. The van der Waals surface area contributed by atoms with Crippen LogP contribution in [0.3, 0.4) is 0 Å². The van der Waals surface area contributed by atoms with Crippen LogP contribution in [0.25, 0.3) is 0 Å². The van der Waals surface area contributed by atoms with Crippen molar-refractivity contribution in [3.63, 3.8) is 0 Å². The summed E-state index contributed by atoms with van der Waals surface area (Å²) in [6.07, 6.45) is 9.51. The molecule has 2 N–H and O–H groups in total. The Morgan fingerprint density at radius 3 is 1.33 bits per heavy atom. The zero-order valence-corrected chi connectivity index (χ0v) is 62.2. The molecule has 0 fully saturated rings. The number of anilines is 2. The number of rotatable bonds is 7. The second-order valence-electron chi connectivity index (χ2n) is 31.1. The lowest BCUT2D eigenvalue weighted by molar-refractivity contribution is 0.352. The van der Waals surface area contributed by atoms with Gasteiger partial charge in [-0.1, -0.05) is 187 Å². The number of pyridine rings is 2. The molecule has 0 saturated carbocycles. The van der Waals surface area contributed by atoms with Gasteiger partial charge in [-0.3, -0.25) is 24.3 Å². The van der Waals surface area contributed by atoms with Gasteiger partial charge in [-0.15, -0.1) is 0 Å². The fraction of sp³-hybridized carbons (Fsp3) is 0.625. The smallest absolute Gasteiger partial charge is 0.184 e. The van der Waals surface area contributed by atoms with Crippen LogP contribution in [-0.2, 0) is 38.0 Å². The standard InChI is InChI=1S/C12H20N2.C12H19N.C10H17ClN2S.2C10H18N2.2C9H14N2/c1-9(2)13-11-8-6-7-10(14-11)12(3,4)5;1-9(2)10-7-6-8-11(13-10)12(3,4)5;1-6(2)12-9-13-7(8(11)14-9)10(3,4)5;1-8(2)12-7-6-9(11-12)10(3,4)5;1-8(2)9-6-7-12(11-9)10(3,4)5;1-7-5-10-6-8(11-7)9(2,3)4;1-7-5-6-10-8(11-7)9(2,3)4/h6-9H,1-5H3,(H,13,14);6-9H,1-5H3;6H,1-5H3,(H,12,13);2*6-8H,1-5H3;2*5-6H,1-4H3. The van der Waals surface area contributed by atoms with Gasteiger partial charge >= 0.3 is 0 Å². The van der Waals surface area contributed by atoms with Crippen LogP contribution in [0.5, 0.6) is 0 Å². The summed E-state index contributed by atoms with van der Waals surface area (Å²) in [7, 11) is 0. The second kappa shape index (κ2) is 33.8. The van der Waals surface area contributed by atoms with Crippen LogP contribution in [-0.4, -0.2) is 66.5 Å². The van der Waals surface area contributed by atoms with Gasteiger partial charge < -0.3 is 10.6 Å². The number of aryl methyl sites for hydroxylation is 2. The van der Waals surface area contributed by atoms with E-state index in [0.717, 1.165) is 55.3 Å². The first-order chi connectivity index (χ1) is 39.4. The summed E-state index contributed by atoms with van der Waals surface area (Å²) in [4.78, 5) is 30.7. The summed E-state index contributed by atoms with van der Waals surface area (Å²) in [6, 6.07) is 19.8. The molecule has 15 heteroatoms. The van der Waals surface area contributed by atoms with Crippen LogP contribution in [0.15, 0.2) is 85.6 Å². The average molecular weight is 1240 g/mol. The van der Waals surface area contributed by atoms with Crippen LogP contribution in [0.1, 0.15) is 290 Å². The van der Waals surface area contributed by atoms with Crippen molar-refractivity contribution in [3.8, 4) is 0 Å². The Morgan fingerprint density at radius 2 is 0.977 bits per heavy atom. The largest absolute Gasteiger partial charge is 0.368 e. The van der Waals surface area contributed by atoms with E-state index in [-0.39, 0.29) is 38.0 Å². The Hall–Kier alpha value is -5.60. The molecule has 13 nitrogen and oxygen atoms in total. The normalized spacial score (nSPS) is 12.1. The van der Waals surface area contributed by atoms with E-state index in [2.05, 4.69) is 319 Å². The fourth-order valence-electron chi connectivity index (χ4n) is 7.17. The highest BCUT2D eigenvalue weighted by Gasteiger charge is 2.24. The molecule has 0 spiro atoms. The number of hydrogen-bond donors (Lipinski definition) is 2. The van der Waals surface area contributed by atoms with E-state index < -0.39 is 0 Å². The Balaban J connectivity index is 0.000000508. The van der Waals surface area contributed by atoms with Crippen LogP contribution in [0, 0.1) is 13.8 Å². The van der Waals surface area contributed by atoms with Crippen molar-refractivity contribution in [3.05, 3.63) is 147 Å². The zero-order chi connectivity index (χ0) is 67.4. The predicted molar refractivity (Wildman–Crippen MR) is 377 cm³/mol. The van der Waals surface area contributed by atoms with Gasteiger partial charge in [0.05, 0.1) is 34.0 Å². The van der Waals surface area contributed by atoms with E-state index in [4.69, 9.17) is 11.6 Å². The van der Waals surface area contributed by atoms with Crippen LogP contribution < -0.4 is 10.6 Å². The predicted octanol–water partition coefficient (Wildman–Crippen LogP) is 20.3. The lowest BCUT2D eigenvalue weighted by atomic mass is 9.91. The molecule has 7 aromatic heterocycles. The lowest BCUT2D eigenvalue weighted by Crippen LogP contribution is -2.22. The monoisotopic (exact) mass is 1230 g/mol. The molecule has 0 unspecified atom stereocenters. The average Bonchev–Trinajstić information content (AvgIpc) is 2.64. The topological polar surface area (TPSA) is 150 Å². The molecule has 0 aromatic carbocycles. The van der Waals surface area contributed by atoms with Gasteiger partial charge in [0.15, 0.2) is 5.13 Å².